The van der Waals surface area contributed by atoms with E-state index in [1.165, 1.54) is 0 Å². The van der Waals surface area contributed by atoms with Crippen molar-refractivity contribution >= 4 is 5.91 Å². The summed E-state index contributed by atoms with van der Waals surface area (Å²) in [6.45, 7) is 1.83. The summed E-state index contributed by atoms with van der Waals surface area (Å²) in [7, 11) is 0. The second kappa shape index (κ2) is 3.53. The highest BCUT2D eigenvalue weighted by Crippen LogP contribution is 2.12. The molecule has 15 heavy (non-hydrogen) atoms. The van der Waals surface area contributed by atoms with Gasteiger partial charge in [-0.25, -0.2) is 9.97 Å². The molecule has 2 aromatic rings. The van der Waals surface area contributed by atoms with E-state index in [0.717, 1.165) is 5.82 Å². The van der Waals surface area contributed by atoms with Gasteiger partial charge in [0.2, 0.25) is 0 Å². The molecule has 0 atom stereocenters. The molecule has 5 heteroatoms. The molecule has 76 valence electrons. The Balaban J connectivity index is 2.63. The predicted octanol–water partition coefficient (Wildman–Crippen LogP) is 0.675. The van der Waals surface area contributed by atoms with Crippen LogP contribution >= 0.6 is 0 Å². The van der Waals surface area contributed by atoms with Crippen LogP contribution in [0.4, 0.5) is 0 Å². The maximum absolute atomic E-state index is 11.2. The van der Waals surface area contributed by atoms with Crippen LogP contribution < -0.4 is 5.73 Å². The first-order valence-electron chi connectivity index (χ1n) is 4.45. The zero-order chi connectivity index (χ0) is 10.8. The molecule has 0 aliphatic heterocycles. The second-order valence-corrected chi connectivity index (χ2v) is 3.08. The van der Waals surface area contributed by atoms with Crippen LogP contribution in [0.1, 0.15) is 16.2 Å². The van der Waals surface area contributed by atoms with Crippen molar-refractivity contribution in [1.29, 1.82) is 0 Å². The van der Waals surface area contributed by atoms with Gasteiger partial charge in [0.25, 0.3) is 5.91 Å². The van der Waals surface area contributed by atoms with E-state index in [9.17, 15) is 4.79 Å². The second-order valence-electron chi connectivity index (χ2n) is 3.08. The fraction of sp³-hybridized carbons (Fsp3) is 0.100. The lowest BCUT2D eigenvalue weighted by atomic mass is 10.2. The van der Waals surface area contributed by atoms with Crippen LogP contribution in [0.15, 0.2) is 30.7 Å². The topological polar surface area (TPSA) is 73.8 Å². The minimum atomic E-state index is -0.494. The molecule has 0 aromatic carbocycles. The van der Waals surface area contributed by atoms with Gasteiger partial charge in [-0.3, -0.25) is 9.36 Å². The first kappa shape index (κ1) is 9.39. The van der Waals surface area contributed by atoms with Crippen LogP contribution in [-0.4, -0.2) is 20.4 Å². The van der Waals surface area contributed by atoms with Crippen molar-refractivity contribution < 1.29 is 4.79 Å². The molecule has 2 rings (SSSR count). The molecule has 2 heterocycles. The summed E-state index contributed by atoms with van der Waals surface area (Å²) in [5.41, 5.74) is 5.65. The van der Waals surface area contributed by atoms with E-state index in [-0.39, 0.29) is 0 Å². The molecule has 0 bridgehead atoms. The molecule has 0 radical (unpaired) electrons. The van der Waals surface area contributed by atoms with Crippen LogP contribution in [0.5, 0.6) is 0 Å². The maximum atomic E-state index is 11.2. The van der Waals surface area contributed by atoms with E-state index in [1.54, 1.807) is 35.3 Å². The van der Waals surface area contributed by atoms with Crippen LogP contribution in [0.3, 0.4) is 0 Å². The molecule has 0 fully saturated rings. The number of hydrogen-bond donors (Lipinski definition) is 1. The fourth-order valence-electron chi connectivity index (χ4n) is 1.38. The lowest BCUT2D eigenvalue weighted by molar-refractivity contribution is 0.1000. The monoisotopic (exact) mass is 202 g/mol. The number of carbonyl (C=O) groups excluding carboxylic acids is 1. The Morgan fingerprint density at radius 1 is 1.40 bits per heavy atom. The highest BCUT2D eigenvalue weighted by molar-refractivity contribution is 5.95. The lowest BCUT2D eigenvalue weighted by Gasteiger charge is -2.07. The third kappa shape index (κ3) is 1.59. The van der Waals surface area contributed by atoms with Crippen LogP contribution in [-0.2, 0) is 0 Å². The number of hydrogen-bond acceptors (Lipinski definition) is 3. The van der Waals surface area contributed by atoms with Gasteiger partial charge < -0.3 is 5.73 Å². The van der Waals surface area contributed by atoms with E-state index in [2.05, 4.69) is 9.97 Å². The van der Waals surface area contributed by atoms with Gasteiger partial charge in [0.1, 0.15) is 5.82 Å². The fourth-order valence-corrected chi connectivity index (χ4v) is 1.38. The lowest BCUT2D eigenvalue weighted by Crippen LogP contribution is -2.15. The summed E-state index contributed by atoms with van der Waals surface area (Å²) in [6, 6.07) is 3.32. The number of pyridine rings is 1. The van der Waals surface area contributed by atoms with Gasteiger partial charge in [-0.2, -0.15) is 0 Å². The summed E-state index contributed by atoms with van der Waals surface area (Å²) < 4.78 is 1.72. The molecule has 0 unspecified atom stereocenters. The van der Waals surface area contributed by atoms with Crippen molar-refractivity contribution in [2.24, 2.45) is 5.73 Å². The first-order valence-corrected chi connectivity index (χ1v) is 4.45. The Bertz CT molecular complexity index is 504. The largest absolute Gasteiger partial charge is 0.365 e. The smallest absolute Gasteiger partial charge is 0.252 e. The number of carbonyl (C=O) groups is 1. The van der Waals surface area contributed by atoms with Gasteiger partial charge >= 0.3 is 0 Å². The van der Waals surface area contributed by atoms with Crippen LogP contribution in [0.2, 0.25) is 0 Å². The molecule has 0 spiro atoms. The van der Waals surface area contributed by atoms with E-state index < -0.39 is 5.91 Å². The standard InChI is InChI=1S/C10H10N4O/c1-7-12-5-6-14(7)10-8(9(11)15)3-2-4-13-10/h2-6H,1H3,(H2,11,15). The highest BCUT2D eigenvalue weighted by Gasteiger charge is 2.11. The summed E-state index contributed by atoms with van der Waals surface area (Å²) in [5, 5.41) is 0. The van der Waals surface area contributed by atoms with Crippen molar-refractivity contribution in [2.75, 3.05) is 0 Å². The Morgan fingerprint density at radius 3 is 2.80 bits per heavy atom. The van der Waals surface area contributed by atoms with Gasteiger partial charge in [0.05, 0.1) is 5.56 Å². The average Bonchev–Trinajstić information content (AvgIpc) is 2.64. The van der Waals surface area contributed by atoms with Crippen molar-refractivity contribution in [2.45, 2.75) is 6.92 Å². The van der Waals surface area contributed by atoms with E-state index in [0.29, 0.717) is 11.4 Å². The van der Waals surface area contributed by atoms with Crippen molar-refractivity contribution in [3.8, 4) is 5.82 Å². The molecular formula is C10H10N4O. The van der Waals surface area contributed by atoms with Gasteiger partial charge in [0.15, 0.2) is 5.82 Å². The van der Waals surface area contributed by atoms with Gasteiger partial charge in [-0.05, 0) is 19.1 Å². The number of aryl methyl sites for hydroxylation is 1. The number of nitrogens with zero attached hydrogens (tertiary/aromatic N) is 3. The maximum Gasteiger partial charge on any atom is 0.252 e. The van der Waals surface area contributed by atoms with Gasteiger partial charge in [-0.15, -0.1) is 0 Å². The first-order chi connectivity index (χ1) is 7.20. The van der Waals surface area contributed by atoms with Crippen molar-refractivity contribution in [3.05, 3.63) is 42.1 Å². The van der Waals surface area contributed by atoms with Crippen LogP contribution in [0.25, 0.3) is 5.82 Å². The summed E-state index contributed by atoms with van der Waals surface area (Å²) in [5.74, 6) is 0.780. The molecule has 0 aliphatic carbocycles. The molecule has 1 amide bonds. The van der Waals surface area contributed by atoms with Crippen molar-refractivity contribution in [1.82, 2.24) is 14.5 Å². The Morgan fingerprint density at radius 2 is 2.20 bits per heavy atom. The van der Waals surface area contributed by atoms with E-state index in [1.807, 2.05) is 6.92 Å². The minimum Gasteiger partial charge on any atom is -0.365 e. The predicted molar refractivity (Wildman–Crippen MR) is 54.6 cm³/mol. The molecule has 0 saturated carbocycles. The molecule has 2 aromatic heterocycles. The number of imidazole rings is 1. The number of amides is 1. The normalized spacial score (nSPS) is 10.2. The molecule has 2 N–H and O–H groups in total. The number of rotatable bonds is 2. The number of primary amides is 1. The van der Waals surface area contributed by atoms with Crippen LogP contribution in [0, 0.1) is 6.92 Å². The van der Waals surface area contributed by atoms with E-state index >= 15 is 0 Å². The zero-order valence-corrected chi connectivity index (χ0v) is 8.21. The van der Waals surface area contributed by atoms with E-state index in [4.69, 9.17) is 5.73 Å². The Hall–Kier alpha value is -2.17. The van der Waals surface area contributed by atoms with Crippen molar-refractivity contribution in [3.63, 3.8) is 0 Å². The average molecular weight is 202 g/mol. The molecule has 0 aliphatic rings. The molecular weight excluding hydrogens is 192 g/mol. The summed E-state index contributed by atoms with van der Waals surface area (Å²) >= 11 is 0. The quantitative estimate of drug-likeness (QED) is 0.778. The minimum absolute atomic E-state index is 0.388. The number of nitrogens with two attached hydrogens (primary N) is 1. The third-order valence-corrected chi connectivity index (χ3v) is 2.11. The third-order valence-electron chi connectivity index (χ3n) is 2.11. The summed E-state index contributed by atoms with van der Waals surface area (Å²) in [6.07, 6.45) is 5.00. The Kier molecular flexibility index (Phi) is 2.21. The Labute approximate surface area is 86.6 Å². The highest BCUT2D eigenvalue weighted by atomic mass is 16.1. The zero-order valence-electron chi connectivity index (χ0n) is 8.21. The van der Waals surface area contributed by atoms with Gasteiger partial charge in [-0.1, -0.05) is 0 Å². The number of aromatic nitrogens is 3. The SMILES string of the molecule is Cc1nccn1-c1ncccc1C(N)=O. The van der Waals surface area contributed by atoms with Gasteiger partial charge in [0, 0.05) is 18.6 Å². The summed E-state index contributed by atoms with van der Waals surface area (Å²) in [4.78, 5) is 19.4. The molecule has 0 saturated heterocycles. The molecule has 5 nitrogen and oxygen atoms in total.